The predicted octanol–water partition coefficient (Wildman–Crippen LogP) is 3.84. The largest absolute Gasteiger partial charge is 0.241 e. The zero-order valence-corrected chi connectivity index (χ0v) is 13.7. The van der Waals surface area contributed by atoms with Gasteiger partial charge in [0.05, 0.1) is 4.90 Å². The van der Waals surface area contributed by atoms with Crippen molar-refractivity contribution in [1.82, 2.24) is 4.72 Å². The van der Waals surface area contributed by atoms with Crippen LogP contribution < -0.4 is 4.72 Å². The molecule has 2 rings (SSSR count). The molecule has 112 valence electrons. The molecular weight excluding hydrogens is 302 g/mol. The monoisotopic (exact) mass is 321 g/mol. The van der Waals surface area contributed by atoms with E-state index in [1.165, 1.54) is 0 Å². The highest BCUT2D eigenvalue weighted by Crippen LogP contribution is 2.22. The van der Waals surface area contributed by atoms with Gasteiger partial charge >= 0.3 is 0 Å². The first-order chi connectivity index (χ1) is 10.1. The first kappa shape index (κ1) is 16.1. The summed E-state index contributed by atoms with van der Waals surface area (Å²) in [5, 5.41) is 0. The number of hydrogen-bond donors (Lipinski definition) is 1. The van der Waals surface area contributed by atoms with E-state index in [1.54, 1.807) is 23.9 Å². The molecule has 0 aliphatic heterocycles. The molecule has 0 radical (unpaired) electrons. The number of hydrogen-bond acceptors (Lipinski definition) is 3. The maximum absolute atomic E-state index is 12.5. The second kappa shape index (κ2) is 7.11. The molecule has 2 aromatic carbocycles. The Kier molecular flexibility index (Phi) is 5.45. The summed E-state index contributed by atoms with van der Waals surface area (Å²) < 4.78 is 27.7. The molecule has 0 bridgehead atoms. The van der Waals surface area contributed by atoms with Crippen LogP contribution in [0.3, 0.4) is 0 Å². The van der Waals surface area contributed by atoms with Crippen molar-refractivity contribution < 1.29 is 8.42 Å². The van der Waals surface area contributed by atoms with Crippen LogP contribution in [0.2, 0.25) is 0 Å². The Bertz CT molecular complexity index is 667. The van der Waals surface area contributed by atoms with Crippen molar-refractivity contribution in [3.63, 3.8) is 0 Å². The average Bonchev–Trinajstić information content (AvgIpc) is 2.53. The Hall–Kier alpha value is -1.30. The molecular formula is C16H19NO2S2. The molecule has 0 spiro atoms. The van der Waals surface area contributed by atoms with Gasteiger partial charge in [0.2, 0.25) is 10.0 Å². The van der Waals surface area contributed by atoms with Crippen LogP contribution in [0.1, 0.15) is 24.9 Å². The second-order valence-corrected chi connectivity index (χ2v) is 7.26. The molecule has 0 aliphatic carbocycles. The lowest BCUT2D eigenvalue weighted by Gasteiger charge is -2.17. The lowest BCUT2D eigenvalue weighted by atomic mass is 10.1. The van der Waals surface area contributed by atoms with E-state index in [1.807, 2.05) is 55.6 Å². The summed E-state index contributed by atoms with van der Waals surface area (Å²) >= 11 is 1.59. The van der Waals surface area contributed by atoms with E-state index in [0.717, 1.165) is 10.5 Å². The van der Waals surface area contributed by atoms with Crippen LogP contribution in [0.5, 0.6) is 0 Å². The third kappa shape index (κ3) is 4.09. The maximum Gasteiger partial charge on any atom is 0.241 e. The summed E-state index contributed by atoms with van der Waals surface area (Å²) in [6.07, 6.45) is 2.66. The van der Waals surface area contributed by atoms with Crippen LogP contribution in [0.25, 0.3) is 0 Å². The van der Waals surface area contributed by atoms with Gasteiger partial charge in [-0.25, -0.2) is 13.1 Å². The molecule has 0 fully saturated rings. The Balaban J connectivity index is 2.22. The molecule has 0 aromatic heterocycles. The van der Waals surface area contributed by atoms with E-state index in [0.29, 0.717) is 11.3 Å². The van der Waals surface area contributed by atoms with Crippen molar-refractivity contribution in [3.8, 4) is 0 Å². The molecule has 0 amide bonds. The van der Waals surface area contributed by atoms with Gasteiger partial charge < -0.3 is 0 Å². The van der Waals surface area contributed by atoms with Gasteiger partial charge in [0.1, 0.15) is 0 Å². The highest BCUT2D eigenvalue weighted by atomic mass is 32.2. The summed E-state index contributed by atoms with van der Waals surface area (Å²) in [5.41, 5.74) is 0.976. The fourth-order valence-electron chi connectivity index (χ4n) is 2.08. The minimum atomic E-state index is -3.50. The standard InChI is InChI=1S/C16H19NO2S2/c1-3-16(13-7-5-4-6-8-13)17-21(18,19)15-11-9-14(20-2)10-12-15/h4-12,16-17H,3H2,1-2H3/t16-/m1/s1. The van der Waals surface area contributed by atoms with Crippen molar-refractivity contribution in [1.29, 1.82) is 0 Å². The van der Waals surface area contributed by atoms with E-state index in [2.05, 4.69) is 4.72 Å². The van der Waals surface area contributed by atoms with E-state index < -0.39 is 10.0 Å². The van der Waals surface area contributed by atoms with Crippen LogP contribution in [0, 0.1) is 0 Å². The van der Waals surface area contributed by atoms with Crippen molar-refractivity contribution in [2.75, 3.05) is 6.26 Å². The number of nitrogens with one attached hydrogen (secondary N) is 1. The fraction of sp³-hybridized carbons (Fsp3) is 0.250. The van der Waals surface area contributed by atoms with Gasteiger partial charge in [0.25, 0.3) is 0 Å². The van der Waals surface area contributed by atoms with E-state index in [-0.39, 0.29) is 6.04 Å². The number of thioether (sulfide) groups is 1. The third-order valence-corrected chi connectivity index (χ3v) is 5.51. The van der Waals surface area contributed by atoms with Crippen molar-refractivity contribution in [2.45, 2.75) is 29.2 Å². The van der Waals surface area contributed by atoms with Crippen molar-refractivity contribution in [2.24, 2.45) is 0 Å². The predicted molar refractivity (Wildman–Crippen MR) is 88.0 cm³/mol. The van der Waals surface area contributed by atoms with E-state index in [9.17, 15) is 8.42 Å². The Morgan fingerprint density at radius 3 is 2.19 bits per heavy atom. The smallest absolute Gasteiger partial charge is 0.207 e. The molecule has 0 saturated carbocycles. The van der Waals surface area contributed by atoms with Gasteiger partial charge in [-0.05, 0) is 42.5 Å². The summed E-state index contributed by atoms with van der Waals surface area (Å²) in [5.74, 6) is 0. The Morgan fingerprint density at radius 2 is 1.67 bits per heavy atom. The first-order valence-corrected chi connectivity index (χ1v) is 9.49. The molecule has 5 heteroatoms. The third-order valence-electron chi connectivity index (χ3n) is 3.28. The summed E-state index contributed by atoms with van der Waals surface area (Å²) in [6.45, 7) is 1.97. The quantitative estimate of drug-likeness (QED) is 0.822. The van der Waals surface area contributed by atoms with Gasteiger partial charge in [0.15, 0.2) is 0 Å². The first-order valence-electron chi connectivity index (χ1n) is 6.78. The van der Waals surface area contributed by atoms with Gasteiger partial charge in [-0.1, -0.05) is 37.3 Å². The second-order valence-electron chi connectivity index (χ2n) is 4.67. The van der Waals surface area contributed by atoms with E-state index in [4.69, 9.17) is 0 Å². The van der Waals surface area contributed by atoms with Crippen LogP contribution in [0.15, 0.2) is 64.4 Å². The van der Waals surface area contributed by atoms with Crippen LogP contribution in [-0.4, -0.2) is 14.7 Å². The molecule has 1 N–H and O–H groups in total. The highest BCUT2D eigenvalue weighted by Gasteiger charge is 2.19. The maximum atomic E-state index is 12.5. The van der Waals surface area contributed by atoms with Crippen LogP contribution in [-0.2, 0) is 10.0 Å². The van der Waals surface area contributed by atoms with Gasteiger partial charge in [-0.3, -0.25) is 0 Å². The highest BCUT2D eigenvalue weighted by molar-refractivity contribution is 7.98. The molecule has 1 atom stereocenters. The topological polar surface area (TPSA) is 46.2 Å². The molecule has 21 heavy (non-hydrogen) atoms. The lowest BCUT2D eigenvalue weighted by Crippen LogP contribution is -2.28. The van der Waals surface area contributed by atoms with Gasteiger partial charge in [0, 0.05) is 10.9 Å². The SMILES string of the molecule is CC[C@@H](NS(=O)(=O)c1ccc(SC)cc1)c1ccccc1. The zero-order chi connectivity index (χ0) is 15.3. The molecule has 0 unspecified atom stereocenters. The molecule has 0 saturated heterocycles. The van der Waals surface area contributed by atoms with Gasteiger partial charge in [-0.2, -0.15) is 0 Å². The summed E-state index contributed by atoms with van der Waals surface area (Å²) in [7, 11) is -3.50. The van der Waals surface area contributed by atoms with Gasteiger partial charge in [-0.15, -0.1) is 11.8 Å². The molecule has 0 aliphatic rings. The average molecular weight is 321 g/mol. The molecule has 2 aromatic rings. The van der Waals surface area contributed by atoms with E-state index >= 15 is 0 Å². The minimum Gasteiger partial charge on any atom is -0.207 e. The summed E-state index contributed by atoms with van der Waals surface area (Å²) in [6, 6.07) is 16.4. The normalized spacial score (nSPS) is 13.0. The lowest BCUT2D eigenvalue weighted by molar-refractivity contribution is 0.550. The molecule has 0 heterocycles. The minimum absolute atomic E-state index is 0.212. The molecule has 3 nitrogen and oxygen atoms in total. The van der Waals surface area contributed by atoms with Crippen LogP contribution >= 0.6 is 11.8 Å². The number of sulfonamides is 1. The number of benzene rings is 2. The number of rotatable bonds is 6. The zero-order valence-electron chi connectivity index (χ0n) is 12.1. The Morgan fingerprint density at radius 1 is 1.05 bits per heavy atom. The van der Waals surface area contributed by atoms with Crippen molar-refractivity contribution in [3.05, 3.63) is 60.2 Å². The Labute approximate surface area is 130 Å². The summed E-state index contributed by atoms with van der Waals surface area (Å²) in [4.78, 5) is 1.35. The fourth-order valence-corrected chi connectivity index (χ4v) is 3.80. The van der Waals surface area contributed by atoms with Crippen LogP contribution in [0.4, 0.5) is 0 Å². The van der Waals surface area contributed by atoms with Crippen molar-refractivity contribution >= 4 is 21.8 Å².